The summed E-state index contributed by atoms with van der Waals surface area (Å²) in [4.78, 5) is 13.4. The zero-order valence-electron chi connectivity index (χ0n) is 8.50. The van der Waals surface area contributed by atoms with Crippen molar-refractivity contribution in [3.05, 3.63) is 28.2 Å². The third-order valence-electron chi connectivity index (χ3n) is 2.45. The standard InChI is InChI=1S/C11H12BrNO2/c1-8-3-2-4-9(11(8)12)13-5-6-15-7-10(13)14/h2-4H,5-7H2,1H3. The second-order valence-corrected chi connectivity index (χ2v) is 4.30. The van der Waals surface area contributed by atoms with E-state index in [0.717, 1.165) is 15.7 Å². The number of morpholine rings is 1. The Morgan fingerprint density at radius 1 is 1.47 bits per heavy atom. The average Bonchev–Trinajstić information content (AvgIpc) is 2.23. The van der Waals surface area contributed by atoms with E-state index in [1.807, 2.05) is 25.1 Å². The molecule has 80 valence electrons. The van der Waals surface area contributed by atoms with Crippen molar-refractivity contribution < 1.29 is 9.53 Å². The fourth-order valence-corrected chi connectivity index (χ4v) is 2.09. The largest absolute Gasteiger partial charge is 0.370 e. The first-order valence-corrected chi connectivity index (χ1v) is 5.62. The second-order valence-electron chi connectivity index (χ2n) is 3.51. The summed E-state index contributed by atoms with van der Waals surface area (Å²) in [6, 6.07) is 5.91. The van der Waals surface area contributed by atoms with Crippen molar-refractivity contribution in [1.82, 2.24) is 0 Å². The Bertz CT molecular complexity index is 392. The topological polar surface area (TPSA) is 29.5 Å². The molecule has 15 heavy (non-hydrogen) atoms. The Kier molecular flexibility index (Phi) is 3.07. The van der Waals surface area contributed by atoms with Gasteiger partial charge in [-0.15, -0.1) is 0 Å². The molecule has 0 saturated carbocycles. The molecule has 1 aromatic rings. The smallest absolute Gasteiger partial charge is 0.253 e. The van der Waals surface area contributed by atoms with Crippen LogP contribution in [0.4, 0.5) is 5.69 Å². The Hall–Kier alpha value is -0.870. The molecule has 0 atom stereocenters. The summed E-state index contributed by atoms with van der Waals surface area (Å²) >= 11 is 3.51. The van der Waals surface area contributed by atoms with Crippen LogP contribution in [-0.2, 0) is 9.53 Å². The van der Waals surface area contributed by atoms with Gasteiger partial charge in [-0.2, -0.15) is 0 Å². The van der Waals surface area contributed by atoms with E-state index in [4.69, 9.17) is 4.74 Å². The second kappa shape index (κ2) is 4.33. The molecule has 1 amide bonds. The fourth-order valence-electron chi connectivity index (χ4n) is 1.61. The van der Waals surface area contributed by atoms with Gasteiger partial charge in [0.25, 0.3) is 5.91 Å². The lowest BCUT2D eigenvalue weighted by atomic mass is 10.2. The van der Waals surface area contributed by atoms with Gasteiger partial charge in [0.15, 0.2) is 0 Å². The van der Waals surface area contributed by atoms with Crippen LogP contribution in [0, 0.1) is 6.92 Å². The van der Waals surface area contributed by atoms with Crippen molar-refractivity contribution in [2.24, 2.45) is 0 Å². The number of aryl methyl sites for hydroxylation is 1. The molecule has 1 aliphatic heterocycles. The minimum Gasteiger partial charge on any atom is -0.370 e. The summed E-state index contributed by atoms with van der Waals surface area (Å²) in [6.07, 6.45) is 0. The van der Waals surface area contributed by atoms with Gasteiger partial charge in [-0.05, 0) is 34.5 Å². The predicted molar refractivity (Wildman–Crippen MR) is 62.1 cm³/mol. The third-order valence-corrected chi connectivity index (χ3v) is 3.48. The molecular formula is C11H12BrNO2. The molecule has 0 aromatic heterocycles. The van der Waals surface area contributed by atoms with Gasteiger partial charge in [0.1, 0.15) is 6.61 Å². The van der Waals surface area contributed by atoms with Crippen LogP contribution in [0.2, 0.25) is 0 Å². The van der Waals surface area contributed by atoms with Crippen LogP contribution in [0.3, 0.4) is 0 Å². The molecule has 0 N–H and O–H groups in total. The predicted octanol–water partition coefficient (Wildman–Crippen LogP) is 2.12. The Labute approximate surface area is 97.2 Å². The first-order chi connectivity index (χ1) is 7.20. The van der Waals surface area contributed by atoms with Gasteiger partial charge in [-0.3, -0.25) is 4.79 Å². The van der Waals surface area contributed by atoms with Gasteiger partial charge >= 0.3 is 0 Å². The minimum atomic E-state index is 0.0209. The highest BCUT2D eigenvalue weighted by Crippen LogP contribution is 2.29. The van der Waals surface area contributed by atoms with Crippen LogP contribution in [0.25, 0.3) is 0 Å². The first kappa shape index (κ1) is 10.6. The Morgan fingerprint density at radius 2 is 2.27 bits per heavy atom. The molecule has 1 aliphatic rings. The van der Waals surface area contributed by atoms with E-state index in [0.29, 0.717) is 13.2 Å². The number of amides is 1. The number of benzene rings is 1. The quantitative estimate of drug-likeness (QED) is 0.782. The molecule has 3 nitrogen and oxygen atoms in total. The van der Waals surface area contributed by atoms with Crippen LogP contribution >= 0.6 is 15.9 Å². The van der Waals surface area contributed by atoms with Gasteiger partial charge in [0.2, 0.25) is 0 Å². The van der Waals surface area contributed by atoms with Crippen LogP contribution in [0.5, 0.6) is 0 Å². The lowest BCUT2D eigenvalue weighted by molar-refractivity contribution is -0.125. The molecule has 1 aromatic carbocycles. The van der Waals surface area contributed by atoms with Gasteiger partial charge < -0.3 is 9.64 Å². The van der Waals surface area contributed by atoms with Crippen molar-refractivity contribution in [3.63, 3.8) is 0 Å². The number of rotatable bonds is 1. The van der Waals surface area contributed by atoms with Crippen molar-refractivity contribution in [1.29, 1.82) is 0 Å². The molecular weight excluding hydrogens is 258 g/mol. The van der Waals surface area contributed by atoms with Gasteiger partial charge in [-0.25, -0.2) is 0 Å². The number of anilines is 1. The van der Waals surface area contributed by atoms with Gasteiger partial charge in [0, 0.05) is 11.0 Å². The summed E-state index contributed by atoms with van der Waals surface area (Å²) in [5, 5.41) is 0. The lowest BCUT2D eigenvalue weighted by Crippen LogP contribution is -2.41. The van der Waals surface area contributed by atoms with Crippen LogP contribution in [0.15, 0.2) is 22.7 Å². The highest BCUT2D eigenvalue weighted by molar-refractivity contribution is 9.10. The SMILES string of the molecule is Cc1cccc(N2CCOCC2=O)c1Br. The summed E-state index contributed by atoms with van der Waals surface area (Å²) in [7, 11) is 0. The maximum Gasteiger partial charge on any atom is 0.253 e. The number of carbonyl (C=O) groups is 1. The van der Waals surface area contributed by atoms with Crippen molar-refractivity contribution in [2.75, 3.05) is 24.7 Å². The van der Waals surface area contributed by atoms with E-state index in [-0.39, 0.29) is 12.5 Å². The van der Waals surface area contributed by atoms with Gasteiger partial charge in [-0.1, -0.05) is 12.1 Å². The summed E-state index contributed by atoms with van der Waals surface area (Å²) < 4.78 is 6.08. The van der Waals surface area contributed by atoms with Crippen LogP contribution in [-0.4, -0.2) is 25.7 Å². The summed E-state index contributed by atoms with van der Waals surface area (Å²) in [5.74, 6) is 0.0209. The first-order valence-electron chi connectivity index (χ1n) is 4.83. The summed E-state index contributed by atoms with van der Waals surface area (Å²) in [5.41, 5.74) is 2.06. The summed E-state index contributed by atoms with van der Waals surface area (Å²) in [6.45, 7) is 3.42. The Balaban J connectivity index is 2.35. The zero-order valence-corrected chi connectivity index (χ0v) is 10.1. The number of hydrogen-bond acceptors (Lipinski definition) is 2. The normalized spacial score (nSPS) is 16.9. The van der Waals surface area contributed by atoms with Gasteiger partial charge in [0.05, 0.1) is 12.3 Å². The highest BCUT2D eigenvalue weighted by Gasteiger charge is 2.22. The number of nitrogens with zero attached hydrogens (tertiary/aromatic N) is 1. The maximum atomic E-state index is 11.6. The van der Waals surface area contributed by atoms with Crippen molar-refractivity contribution in [3.8, 4) is 0 Å². The molecule has 0 aliphatic carbocycles. The van der Waals surface area contributed by atoms with Crippen molar-refractivity contribution in [2.45, 2.75) is 6.92 Å². The number of halogens is 1. The molecule has 2 rings (SSSR count). The van der Waals surface area contributed by atoms with E-state index >= 15 is 0 Å². The molecule has 0 bridgehead atoms. The molecule has 1 fully saturated rings. The van der Waals surface area contributed by atoms with Crippen molar-refractivity contribution >= 4 is 27.5 Å². The van der Waals surface area contributed by atoms with E-state index in [9.17, 15) is 4.79 Å². The maximum absolute atomic E-state index is 11.6. The molecule has 1 heterocycles. The molecule has 4 heteroatoms. The fraction of sp³-hybridized carbons (Fsp3) is 0.364. The van der Waals surface area contributed by atoms with E-state index < -0.39 is 0 Å². The number of hydrogen-bond donors (Lipinski definition) is 0. The van der Waals surface area contributed by atoms with E-state index in [1.165, 1.54) is 0 Å². The Morgan fingerprint density at radius 3 is 3.00 bits per heavy atom. The van der Waals surface area contributed by atoms with E-state index in [1.54, 1.807) is 4.90 Å². The third kappa shape index (κ3) is 2.06. The monoisotopic (exact) mass is 269 g/mol. The molecule has 0 unspecified atom stereocenters. The number of carbonyl (C=O) groups excluding carboxylic acids is 1. The average molecular weight is 270 g/mol. The number of ether oxygens (including phenoxy) is 1. The highest BCUT2D eigenvalue weighted by atomic mass is 79.9. The van der Waals surface area contributed by atoms with Crippen LogP contribution in [0.1, 0.15) is 5.56 Å². The molecule has 0 spiro atoms. The molecule has 0 radical (unpaired) electrons. The zero-order chi connectivity index (χ0) is 10.8. The van der Waals surface area contributed by atoms with Crippen LogP contribution < -0.4 is 4.90 Å². The molecule has 1 saturated heterocycles. The lowest BCUT2D eigenvalue weighted by Gasteiger charge is -2.28. The minimum absolute atomic E-state index is 0.0209. The van der Waals surface area contributed by atoms with E-state index in [2.05, 4.69) is 15.9 Å².